The number of hydrogen-bond donors (Lipinski definition) is 3. The van der Waals surface area contributed by atoms with Gasteiger partial charge in [-0.25, -0.2) is 4.98 Å². The summed E-state index contributed by atoms with van der Waals surface area (Å²) in [5.41, 5.74) is 1.36. The van der Waals surface area contributed by atoms with Gasteiger partial charge in [-0.15, -0.1) is 0 Å². The van der Waals surface area contributed by atoms with E-state index in [4.69, 9.17) is 0 Å². The number of aromatic nitrogens is 2. The molecule has 1 unspecified atom stereocenters. The number of pyridine rings is 1. The molecule has 3 rings (SSSR count). The lowest BCUT2D eigenvalue weighted by atomic mass is 9.89. The van der Waals surface area contributed by atoms with E-state index in [9.17, 15) is 20.1 Å². The lowest BCUT2D eigenvalue weighted by Gasteiger charge is -2.18. The maximum atomic E-state index is 12.4. The topological polar surface area (TPSA) is 134 Å². The van der Waals surface area contributed by atoms with E-state index in [-0.39, 0.29) is 10.6 Å². The van der Waals surface area contributed by atoms with Crippen molar-refractivity contribution in [3.8, 4) is 0 Å². The molecule has 1 aliphatic rings. The number of rotatable bonds is 4. The first-order valence-electron chi connectivity index (χ1n) is 7.89. The normalized spacial score (nSPS) is 19.9. The van der Waals surface area contributed by atoms with E-state index < -0.39 is 11.9 Å². The van der Waals surface area contributed by atoms with Gasteiger partial charge >= 0.3 is 0 Å². The predicted octanol–water partition coefficient (Wildman–Crippen LogP) is 2.48. The Morgan fingerprint density at radius 2 is 2.32 bits per heavy atom. The Balaban J connectivity index is 1.83. The molecular weight excluding hydrogens is 326 g/mol. The Morgan fingerprint density at radius 3 is 3.08 bits per heavy atom. The van der Waals surface area contributed by atoms with Crippen LogP contribution in [0.1, 0.15) is 25.7 Å². The number of nitro groups is 1. The van der Waals surface area contributed by atoms with Crippen LogP contribution < -0.4 is 5.32 Å². The van der Waals surface area contributed by atoms with E-state index in [1.807, 2.05) is 0 Å². The maximum absolute atomic E-state index is 12.4. The molecule has 25 heavy (non-hydrogen) atoms. The highest BCUT2D eigenvalue weighted by molar-refractivity contribution is 6.47. The molecule has 1 aliphatic carbocycles. The molecule has 1 amide bonds. The number of nitrogens with one attached hydrogen (secondary N) is 2. The molecule has 1 fully saturated rings. The Labute approximate surface area is 142 Å². The highest BCUT2D eigenvalue weighted by Gasteiger charge is 2.29. The first-order chi connectivity index (χ1) is 12.1. The number of hydrogen-bond acceptors (Lipinski definition) is 6. The molecule has 2 aromatic heterocycles. The highest BCUT2D eigenvalue weighted by atomic mass is 16.6. The van der Waals surface area contributed by atoms with Crippen LogP contribution in [0.25, 0.3) is 11.0 Å². The molecule has 2 heterocycles. The largest absolute Gasteiger partial charge is 0.410 e. The summed E-state index contributed by atoms with van der Waals surface area (Å²) in [6.07, 6.45) is 7.06. The molecule has 3 N–H and O–H groups in total. The second-order valence-electron chi connectivity index (χ2n) is 5.80. The summed E-state index contributed by atoms with van der Waals surface area (Å²) < 4.78 is 0. The Hall–Kier alpha value is -3.23. The highest BCUT2D eigenvalue weighted by Crippen LogP contribution is 2.26. The second-order valence-corrected chi connectivity index (χ2v) is 5.80. The van der Waals surface area contributed by atoms with Crippen molar-refractivity contribution in [2.75, 3.05) is 5.32 Å². The molecule has 2 aromatic rings. The lowest BCUT2D eigenvalue weighted by molar-refractivity contribution is -0.514. The zero-order chi connectivity index (χ0) is 17.8. The number of carbonyl (C=O) groups is 1. The van der Waals surface area contributed by atoms with Crippen LogP contribution in [-0.4, -0.2) is 37.8 Å². The standard InChI is InChI=1S/C16H17N5O4/c22-16(19-12-6-8-18-15-11(12)5-7-17-15)13(20-23)9-10-3-1-2-4-14(10)21(24)25/h5-9,14,23H,1-4H2,(H2,17,18,19,22)/b10-9+,20-13+. The number of H-pyrrole nitrogens is 1. The fourth-order valence-corrected chi connectivity index (χ4v) is 3.00. The molecule has 0 saturated heterocycles. The van der Waals surface area contributed by atoms with Crippen molar-refractivity contribution >= 4 is 28.3 Å². The fourth-order valence-electron chi connectivity index (χ4n) is 3.00. The molecule has 1 saturated carbocycles. The fraction of sp³-hybridized carbons (Fsp3) is 0.312. The molecule has 130 valence electrons. The molecule has 0 spiro atoms. The van der Waals surface area contributed by atoms with Gasteiger partial charge in [-0.05, 0) is 37.5 Å². The minimum atomic E-state index is -0.837. The summed E-state index contributed by atoms with van der Waals surface area (Å²) in [6, 6.07) is 2.54. The molecule has 9 heteroatoms. The Bertz CT molecular complexity index is 870. The van der Waals surface area contributed by atoms with Crippen molar-refractivity contribution in [1.82, 2.24) is 9.97 Å². The molecular formula is C16H17N5O4. The Morgan fingerprint density at radius 1 is 1.48 bits per heavy atom. The molecule has 0 bridgehead atoms. The molecule has 0 aromatic carbocycles. The lowest BCUT2D eigenvalue weighted by Crippen LogP contribution is -2.28. The summed E-state index contributed by atoms with van der Waals surface area (Å²) in [4.78, 5) is 30.3. The summed E-state index contributed by atoms with van der Waals surface area (Å²) in [5.74, 6) is -0.642. The number of carbonyl (C=O) groups excluding carboxylic acids is 1. The number of amides is 1. The number of oxime groups is 1. The van der Waals surface area contributed by atoms with Gasteiger partial charge in [-0.1, -0.05) is 5.16 Å². The van der Waals surface area contributed by atoms with Crippen molar-refractivity contribution in [2.24, 2.45) is 5.16 Å². The van der Waals surface area contributed by atoms with Gasteiger partial charge in [0, 0.05) is 34.7 Å². The van der Waals surface area contributed by atoms with Gasteiger partial charge in [-0.2, -0.15) is 0 Å². The third kappa shape index (κ3) is 3.49. The van der Waals surface area contributed by atoms with E-state index in [0.29, 0.717) is 35.1 Å². The van der Waals surface area contributed by atoms with Crippen molar-refractivity contribution < 1.29 is 14.9 Å². The average molecular weight is 343 g/mol. The summed E-state index contributed by atoms with van der Waals surface area (Å²) in [6.45, 7) is 0. The third-order valence-electron chi connectivity index (χ3n) is 4.25. The van der Waals surface area contributed by atoms with Gasteiger partial charge in [0.15, 0.2) is 5.71 Å². The summed E-state index contributed by atoms with van der Waals surface area (Å²) in [7, 11) is 0. The Kier molecular flexibility index (Phi) is 4.73. The van der Waals surface area contributed by atoms with Gasteiger partial charge in [-0.3, -0.25) is 14.9 Å². The van der Waals surface area contributed by atoms with Gasteiger partial charge in [0.2, 0.25) is 6.04 Å². The SMILES string of the molecule is O=C(Nc1ccnc2[nH]ccc12)C(/C=C1\CCCCC1[N+](=O)[O-])=N/O. The number of anilines is 1. The van der Waals surface area contributed by atoms with Crippen LogP contribution in [0.3, 0.4) is 0 Å². The number of nitrogens with zero attached hydrogens (tertiary/aromatic N) is 3. The molecule has 1 atom stereocenters. The average Bonchev–Trinajstić information content (AvgIpc) is 3.09. The van der Waals surface area contributed by atoms with Crippen molar-refractivity contribution in [2.45, 2.75) is 31.7 Å². The van der Waals surface area contributed by atoms with E-state index in [2.05, 4.69) is 20.4 Å². The van der Waals surface area contributed by atoms with Crippen molar-refractivity contribution in [3.63, 3.8) is 0 Å². The molecule has 0 aliphatic heterocycles. The van der Waals surface area contributed by atoms with Crippen LogP contribution in [0.5, 0.6) is 0 Å². The van der Waals surface area contributed by atoms with Crippen molar-refractivity contribution in [1.29, 1.82) is 0 Å². The van der Waals surface area contributed by atoms with E-state index in [1.54, 1.807) is 18.3 Å². The second kappa shape index (κ2) is 7.12. The summed E-state index contributed by atoms with van der Waals surface area (Å²) in [5, 5.41) is 26.7. The van der Waals surface area contributed by atoms with Crippen molar-refractivity contribution in [3.05, 3.63) is 46.3 Å². The van der Waals surface area contributed by atoms with E-state index in [0.717, 1.165) is 12.8 Å². The van der Waals surface area contributed by atoms with Gasteiger partial charge in [0.1, 0.15) is 5.65 Å². The smallest absolute Gasteiger partial charge is 0.277 e. The number of fused-ring (bicyclic) bond motifs is 1. The van der Waals surface area contributed by atoms with Gasteiger partial charge in [0.05, 0.1) is 5.69 Å². The quantitative estimate of drug-likeness (QED) is 0.339. The van der Waals surface area contributed by atoms with E-state index in [1.165, 1.54) is 12.3 Å². The first kappa shape index (κ1) is 16.6. The van der Waals surface area contributed by atoms with Gasteiger partial charge in [0.25, 0.3) is 5.91 Å². The molecule has 0 radical (unpaired) electrons. The van der Waals surface area contributed by atoms with Crippen LogP contribution in [-0.2, 0) is 4.79 Å². The van der Waals surface area contributed by atoms with Crippen LogP contribution in [0.15, 0.2) is 41.3 Å². The molecule has 9 nitrogen and oxygen atoms in total. The van der Waals surface area contributed by atoms with Crippen LogP contribution >= 0.6 is 0 Å². The zero-order valence-corrected chi connectivity index (χ0v) is 13.3. The van der Waals surface area contributed by atoms with Crippen LogP contribution in [0, 0.1) is 10.1 Å². The van der Waals surface area contributed by atoms with E-state index >= 15 is 0 Å². The van der Waals surface area contributed by atoms with Crippen LogP contribution in [0.2, 0.25) is 0 Å². The summed E-state index contributed by atoms with van der Waals surface area (Å²) >= 11 is 0. The van der Waals surface area contributed by atoms with Crippen LogP contribution in [0.4, 0.5) is 5.69 Å². The third-order valence-corrected chi connectivity index (χ3v) is 4.25. The minimum Gasteiger partial charge on any atom is -0.410 e. The predicted molar refractivity (Wildman–Crippen MR) is 91.3 cm³/mol. The maximum Gasteiger partial charge on any atom is 0.277 e. The number of aromatic amines is 1. The first-order valence-corrected chi connectivity index (χ1v) is 7.89. The monoisotopic (exact) mass is 343 g/mol. The minimum absolute atomic E-state index is 0.260. The zero-order valence-electron chi connectivity index (χ0n) is 13.3. The van der Waals surface area contributed by atoms with Gasteiger partial charge < -0.3 is 15.5 Å².